The lowest BCUT2D eigenvalue weighted by atomic mass is 9.77. The van der Waals surface area contributed by atoms with Gasteiger partial charge in [-0.15, -0.1) is 0 Å². The monoisotopic (exact) mass is 434 g/mol. The predicted octanol–water partition coefficient (Wildman–Crippen LogP) is 2.07. The normalized spacial score (nSPS) is 25.6. The highest BCUT2D eigenvalue weighted by Gasteiger charge is 2.48. The van der Waals surface area contributed by atoms with Crippen molar-refractivity contribution in [2.24, 2.45) is 0 Å². The Morgan fingerprint density at radius 1 is 1.13 bits per heavy atom. The molecule has 2 aromatic rings. The van der Waals surface area contributed by atoms with Crippen molar-refractivity contribution >= 4 is 21.7 Å². The first-order valence-corrected chi connectivity index (χ1v) is 11.3. The van der Waals surface area contributed by atoms with Crippen LogP contribution in [0.1, 0.15) is 30.7 Å². The zero-order chi connectivity index (χ0) is 21.5. The number of fused-ring (bicyclic) bond motifs is 3. The van der Waals surface area contributed by atoms with Crippen molar-refractivity contribution < 1.29 is 27.8 Å². The molecule has 0 aromatic heterocycles. The highest BCUT2D eigenvalue weighted by molar-refractivity contribution is 7.89. The van der Waals surface area contributed by atoms with Gasteiger partial charge in [0.2, 0.25) is 10.0 Å². The van der Waals surface area contributed by atoms with Gasteiger partial charge in [0.05, 0.1) is 17.4 Å². The zero-order valence-electron chi connectivity index (χ0n) is 16.1. The Morgan fingerprint density at radius 2 is 1.83 bits per heavy atom. The minimum absolute atomic E-state index is 0.0196. The summed E-state index contributed by atoms with van der Waals surface area (Å²) in [5, 5.41) is 20.2. The molecule has 4 rings (SSSR count). The second-order valence-corrected chi connectivity index (χ2v) is 9.45. The molecule has 7 nitrogen and oxygen atoms in total. The minimum Gasteiger partial charge on any atom is -0.481 e. The van der Waals surface area contributed by atoms with E-state index in [0.717, 1.165) is 23.4 Å². The third-order valence-corrected chi connectivity index (χ3v) is 7.48. The van der Waals surface area contributed by atoms with E-state index in [1.54, 1.807) is 0 Å². The number of hydrogen-bond donors (Lipinski definition) is 3. The summed E-state index contributed by atoms with van der Waals surface area (Å²) in [5.74, 6) is -1.75. The SMILES string of the molecule is O=C(O)CCN1c2ccccc2C2C(O)[C@H](NS(=O)(=O)c3ccc(F)cc3)CCC21. The fourth-order valence-corrected chi connectivity index (χ4v) is 5.93. The van der Waals surface area contributed by atoms with Crippen LogP contribution in [0.4, 0.5) is 10.1 Å². The van der Waals surface area contributed by atoms with Gasteiger partial charge in [0.15, 0.2) is 0 Å². The maximum atomic E-state index is 13.1. The molecule has 1 aliphatic heterocycles. The van der Waals surface area contributed by atoms with Gasteiger partial charge in [-0.25, -0.2) is 17.5 Å². The Hall–Kier alpha value is -2.49. The number of halogens is 1. The van der Waals surface area contributed by atoms with Crippen LogP contribution in [-0.2, 0) is 14.8 Å². The lowest BCUT2D eigenvalue weighted by Crippen LogP contribution is -2.53. The molecule has 3 N–H and O–H groups in total. The van der Waals surface area contributed by atoms with Gasteiger partial charge in [-0.1, -0.05) is 18.2 Å². The van der Waals surface area contributed by atoms with Gasteiger partial charge in [0, 0.05) is 30.2 Å². The third kappa shape index (κ3) is 3.80. The van der Waals surface area contributed by atoms with Gasteiger partial charge in [-0.05, 0) is 48.7 Å². The number of aliphatic hydroxyl groups excluding tert-OH is 1. The largest absolute Gasteiger partial charge is 0.481 e. The van der Waals surface area contributed by atoms with Crippen LogP contribution in [0, 0.1) is 5.82 Å². The molecule has 3 unspecified atom stereocenters. The van der Waals surface area contributed by atoms with E-state index in [-0.39, 0.29) is 23.3 Å². The summed E-state index contributed by atoms with van der Waals surface area (Å²) in [7, 11) is -3.92. The summed E-state index contributed by atoms with van der Waals surface area (Å²) >= 11 is 0. The summed E-state index contributed by atoms with van der Waals surface area (Å²) in [5.41, 5.74) is 1.78. The van der Waals surface area contributed by atoms with Gasteiger partial charge in [-0.2, -0.15) is 0 Å². The van der Waals surface area contributed by atoms with Crippen molar-refractivity contribution in [2.75, 3.05) is 11.4 Å². The standard InChI is InChI=1S/C21H23FN2O5S/c22-13-5-7-14(8-6-13)30(28,29)23-16-9-10-18-20(21(16)27)15-3-1-2-4-17(15)24(18)12-11-19(25)26/h1-8,16,18,20-21,23,27H,9-12H2,(H,25,26)/t16-,18?,20?,21?/m1/s1. The number of carboxylic acids is 1. The molecule has 160 valence electrons. The number of rotatable bonds is 6. The predicted molar refractivity (Wildman–Crippen MR) is 108 cm³/mol. The Labute approximate surface area is 174 Å². The van der Waals surface area contributed by atoms with Crippen LogP contribution in [0.5, 0.6) is 0 Å². The third-order valence-electron chi connectivity index (χ3n) is 5.97. The lowest BCUT2D eigenvalue weighted by Gasteiger charge is -2.40. The molecule has 2 aromatic carbocycles. The average Bonchev–Trinajstić information content (AvgIpc) is 3.03. The molecule has 1 saturated carbocycles. The molecule has 0 amide bonds. The highest BCUT2D eigenvalue weighted by atomic mass is 32.2. The van der Waals surface area contributed by atoms with E-state index < -0.39 is 34.0 Å². The van der Waals surface area contributed by atoms with Crippen LogP contribution >= 0.6 is 0 Å². The van der Waals surface area contributed by atoms with E-state index in [0.29, 0.717) is 19.4 Å². The number of hydrogen-bond acceptors (Lipinski definition) is 5. The molecule has 1 heterocycles. The Morgan fingerprint density at radius 3 is 2.53 bits per heavy atom. The number of aliphatic carboxylic acids is 1. The van der Waals surface area contributed by atoms with Crippen molar-refractivity contribution in [2.45, 2.75) is 48.3 Å². The number of sulfonamides is 1. The van der Waals surface area contributed by atoms with E-state index in [2.05, 4.69) is 4.72 Å². The van der Waals surface area contributed by atoms with Crippen LogP contribution in [0.3, 0.4) is 0 Å². The van der Waals surface area contributed by atoms with Crippen LogP contribution in [0.15, 0.2) is 53.4 Å². The zero-order valence-corrected chi connectivity index (χ0v) is 16.9. The van der Waals surface area contributed by atoms with Crippen molar-refractivity contribution in [3.8, 4) is 0 Å². The molecule has 1 fully saturated rings. The number of benzene rings is 2. The molecule has 2 aliphatic rings. The number of nitrogens with zero attached hydrogens (tertiary/aromatic N) is 1. The number of anilines is 1. The second-order valence-electron chi connectivity index (χ2n) is 7.74. The number of carbonyl (C=O) groups is 1. The van der Waals surface area contributed by atoms with E-state index in [1.165, 1.54) is 12.1 Å². The second kappa shape index (κ2) is 7.98. The van der Waals surface area contributed by atoms with Crippen LogP contribution < -0.4 is 9.62 Å². The van der Waals surface area contributed by atoms with E-state index in [9.17, 15) is 22.7 Å². The van der Waals surface area contributed by atoms with Gasteiger partial charge < -0.3 is 15.1 Å². The quantitative estimate of drug-likeness (QED) is 0.643. The van der Waals surface area contributed by atoms with Gasteiger partial charge in [-0.3, -0.25) is 4.79 Å². The number of para-hydroxylation sites is 1. The molecule has 9 heteroatoms. The van der Waals surface area contributed by atoms with E-state index in [4.69, 9.17) is 5.11 Å². The van der Waals surface area contributed by atoms with Gasteiger partial charge in [0.25, 0.3) is 0 Å². The van der Waals surface area contributed by atoms with E-state index >= 15 is 0 Å². The van der Waals surface area contributed by atoms with Crippen molar-refractivity contribution in [1.82, 2.24) is 4.72 Å². The maximum Gasteiger partial charge on any atom is 0.305 e. The molecular weight excluding hydrogens is 411 g/mol. The van der Waals surface area contributed by atoms with Crippen molar-refractivity contribution in [1.29, 1.82) is 0 Å². The first-order valence-electron chi connectivity index (χ1n) is 9.81. The molecule has 0 radical (unpaired) electrons. The highest BCUT2D eigenvalue weighted by Crippen LogP contribution is 2.48. The maximum absolute atomic E-state index is 13.1. The van der Waals surface area contributed by atoms with E-state index in [1.807, 2.05) is 29.2 Å². The first kappa shape index (κ1) is 20.8. The number of aliphatic hydroxyl groups is 1. The number of nitrogens with one attached hydrogen (secondary N) is 1. The fraction of sp³-hybridized carbons (Fsp3) is 0.381. The summed E-state index contributed by atoms with van der Waals surface area (Å²) in [6.45, 7) is 0.326. The van der Waals surface area contributed by atoms with Crippen LogP contribution in [-0.4, -0.2) is 49.3 Å². The summed E-state index contributed by atoms with van der Waals surface area (Å²) < 4.78 is 41.1. The van der Waals surface area contributed by atoms with Gasteiger partial charge >= 0.3 is 5.97 Å². The molecule has 4 atom stereocenters. The first-order chi connectivity index (χ1) is 14.3. The van der Waals surface area contributed by atoms with Crippen molar-refractivity contribution in [3.05, 3.63) is 59.9 Å². The summed E-state index contributed by atoms with van der Waals surface area (Å²) in [4.78, 5) is 13.0. The summed E-state index contributed by atoms with van der Waals surface area (Å²) in [6.07, 6.45) is 0.0104. The molecule has 0 saturated heterocycles. The number of carboxylic acid groups (broad SMARTS) is 1. The Balaban J connectivity index is 1.58. The summed E-state index contributed by atoms with van der Waals surface area (Å²) in [6, 6.07) is 11.3. The minimum atomic E-state index is -3.92. The average molecular weight is 434 g/mol. The molecule has 1 aliphatic carbocycles. The molecule has 30 heavy (non-hydrogen) atoms. The molecule has 0 spiro atoms. The lowest BCUT2D eigenvalue weighted by molar-refractivity contribution is -0.136. The Bertz CT molecular complexity index is 1040. The Kier molecular flexibility index (Phi) is 5.52. The van der Waals surface area contributed by atoms with Crippen LogP contribution in [0.2, 0.25) is 0 Å². The smallest absolute Gasteiger partial charge is 0.305 e. The molecule has 0 bridgehead atoms. The van der Waals surface area contributed by atoms with Crippen LogP contribution in [0.25, 0.3) is 0 Å². The van der Waals surface area contributed by atoms with Gasteiger partial charge in [0.1, 0.15) is 5.82 Å². The van der Waals surface area contributed by atoms with Crippen molar-refractivity contribution in [3.63, 3.8) is 0 Å². The molecular formula is C21H23FN2O5S. The topological polar surface area (TPSA) is 107 Å². The fourth-order valence-electron chi connectivity index (χ4n) is 4.64.